The Morgan fingerprint density at radius 1 is 1.03 bits per heavy atom. The van der Waals surface area contributed by atoms with Crippen LogP contribution >= 0.6 is 0 Å². The molecule has 0 spiro atoms. The third-order valence-electron chi connectivity index (χ3n) is 5.11. The number of nitrogens with zero attached hydrogens (tertiary/aromatic N) is 1. The number of rotatable bonds is 8. The van der Waals surface area contributed by atoms with Crippen LogP contribution in [0.1, 0.15) is 39.6 Å². The van der Waals surface area contributed by atoms with E-state index in [1.807, 2.05) is 0 Å². The van der Waals surface area contributed by atoms with Crippen molar-refractivity contribution in [3.63, 3.8) is 0 Å². The van der Waals surface area contributed by atoms with E-state index < -0.39 is 42.2 Å². The summed E-state index contributed by atoms with van der Waals surface area (Å²) < 4.78 is 9.93. The second kappa shape index (κ2) is 11.1. The zero-order valence-corrected chi connectivity index (χ0v) is 18.8. The van der Waals surface area contributed by atoms with E-state index in [-0.39, 0.29) is 19.6 Å². The molecular formula is C24H25N3O7. The molecule has 0 aliphatic carbocycles. The molecule has 34 heavy (non-hydrogen) atoms. The normalized spacial score (nSPS) is 14.9. The second-order valence-corrected chi connectivity index (χ2v) is 7.61. The maximum absolute atomic E-state index is 12.4. The van der Waals surface area contributed by atoms with Crippen molar-refractivity contribution in [3.8, 4) is 0 Å². The first-order valence-corrected chi connectivity index (χ1v) is 10.7. The molecular weight excluding hydrogens is 442 g/mol. The first-order chi connectivity index (χ1) is 16.3. The molecule has 1 fully saturated rings. The van der Waals surface area contributed by atoms with Gasteiger partial charge in [0.2, 0.25) is 5.91 Å². The standard InChI is InChI=1S/C24H25N3O7/c1-3-33-23(31)16-8-10-18(11-9-16)25-20(28)14-34-24(32)17-12-21(29)27(13-17)26-22(30)19-7-5-4-6-15(19)2/h4-11,17H,3,12-14H2,1-2H3,(H,25,28)(H,26,30)/t17-/m1/s1. The van der Waals surface area contributed by atoms with Gasteiger partial charge in [-0.2, -0.15) is 0 Å². The van der Waals surface area contributed by atoms with Gasteiger partial charge >= 0.3 is 11.9 Å². The minimum absolute atomic E-state index is 0.0494. The average molecular weight is 467 g/mol. The molecule has 0 unspecified atom stereocenters. The zero-order chi connectivity index (χ0) is 24.7. The molecule has 2 N–H and O–H groups in total. The van der Waals surface area contributed by atoms with Gasteiger partial charge < -0.3 is 14.8 Å². The van der Waals surface area contributed by atoms with Crippen LogP contribution in [0.3, 0.4) is 0 Å². The average Bonchev–Trinajstić information content (AvgIpc) is 3.18. The van der Waals surface area contributed by atoms with Crippen molar-refractivity contribution in [2.75, 3.05) is 25.1 Å². The van der Waals surface area contributed by atoms with E-state index >= 15 is 0 Å². The van der Waals surface area contributed by atoms with E-state index in [4.69, 9.17) is 9.47 Å². The summed E-state index contributed by atoms with van der Waals surface area (Å²) in [6.45, 7) is 3.14. The van der Waals surface area contributed by atoms with E-state index in [9.17, 15) is 24.0 Å². The Labute approximate surface area is 196 Å². The number of aryl methyl sites for hydroxylation is 1. The summed E-state index contributed by atoms with van der Waals surface area (Å²) in [5.41, 5.74) is 4.45. The predicted octanol–water partition coefficient (Wildman–Crippen LogP) is 1.85. The maximum atomic E-state index is 12.4. The van der Waals surface area contributed by atoms with Crippen LogP contribution in [-0.2, 0) is 23.9 Å². The zero-order valence-electron chi connectivity index (χ0n) is 18.8. The lowest BCUT2D eigenvalue weighted by Crippen LogP contribution is -2.43. The molecule has 0 saturated carbocycles. The summed E-state index contributed by atoms with van der Waals surface area (Å²) in [5, 5.41) is 3.64. The lowest BCUT2D eigenvalue weighted by Gasteiger charge is -2.18. The number of esters is 2. The first-order valence-electron chi connectivity index (χ1n) is 10.7. The summed E-state index contributed by atoms with van der Waals surface area (Å²) in [4.78, 5) is 60.7. The van der Waals surface area contributed by atoms with Gasteiger partial charge in [-0.05, 0) is 49.7 Å². The lowest BCUT2D eigenvalue weighted by molar-refractivity contribution is -0.151. The van der Waals surface area contributed by atoms with Gasteiger partial charge in [-0.25, -0.2) is 4.79 Å². The molecule has 1 atom stereocenters. The molecule has 2 aromatic carbocycles. The molecule has 0 aromatic heterocycles. The van der Waals surface area contributed by atoms with Crippen LogP contribution in [0, 0.1) is 12.8 Å². The number of amides is 3. The number of carbonyl (C=O) groups excluding carboxylic acids is 5. The number of benzene rings is 2. The van der Waals surface area contributed by atoms with Crippen LogP contribution in [-0.4, -0.2) is 54.4 Å². The number of carbonyl (C=O) groups is 5. The van der Waals surface area contributed by atoms with Gasteiger partial charge in [0.1, 0.15) is 0 Å². The lowest BCUT2D eigenvalue weighted by atomic mass is 10.1. The van der Waals surface area contributed by atoms with Gasteiger partial charge in [-0.15, -0.1) is 0 Å². The minimum Gasteiger partial charge on any atom is -0.462 e. The monoisotopic (exact) mass is 467 g/mol. The topological polar surface area (TPSA) is 131 Å². The van der Waals surface area contributed by atoms with Crippen molar-refractivity contribution in [2.24, 2.45) is 5.92 Å². The number of ether oxygens (including phenoxy) is 2. The summed E-state index contributed by atoms with van der Waals surface area (Å²) in [7, 11) is 0. The maximum Gasteiger partial charge on any atom is 0.338 e. The fourth-order valence-electron chi connectivity index (χ4n) is 3.34. The highest BCUT2D eigenvalue weighted by Gasteiger charge is 2.36. The van der Waals surface area contributed by atoms with Crippen molar-refractivity contribution in [2.45, 2.75) is 20.3 Å². The van der Waals surface area contributed by atoms with E-state index in [0.717, 1.165) is 10.6 Å². The molecule has 1 saturated heterocycles. The molecule has 2 aromatic rings. The molecule has 178 valence electrons. The second-order valence-electron chi connectivity index (χ2n) is 7.61. The number of hydrogen-bond acceptors (Lipinski definition) is 7. The third-order valence-corrected chi connectivity index (χ3v) is 5.11. The molecule has 10 heteroatoms. The summed E-state index contributed by atoms with van der Waals surface area (Å²) in [6, 6.07) is 13.0. The molecule has 1 heterocycles. The Balaban J connectivity index is 1.46. The van der Waals surface area contributed by atoms with Crippen LogP contribution in [0.5, 0.6) is 0 Å². The summed E-state index contributed by atoms with van der Waals surface area (Å²) >= 11 is 0. The molecule has 1 aliphatic rings. The van der Waals surface area contributed by atoms with Crippen LogP contribution in [0.15, 0.2) is 48.5 Å². The van der Waals surface area contributed by atoms with Crippen molar-refractivity contribution < 1.29 is 33.4 Å². The molecule has 1 aliphatic heterocycles. The number of hydrazine groups is 1. The van der Waals surface area contributed by atoms with E-state index in [1.54, 1.807) is 38.1 Å². The third kappa shape index (κ3) is 6.18. The fourth-order valence-corrected chi connectivity index (χ4v) is 3.34. The Morgan fingerprint density at radius 3 is 2.41 bits per heavy atom. The van der Waals surface area contributed by atoms with Gasteiger partial charge in [0.15, 0.2) is 6.61 Å². The van der Waals surface area contributed by atoms with Crippen LogP contribution in [0.25, 0.3) is 0 Å². The van der Waals surface area contributed by atoms with Gasteiger partial charge in [0, 0.05) is 17.7 Å². The van der Waals surface area contributed by atoms with Gasteiger partial charge in [-0.1, -0.05) is 18.2 Å². The highest BCUT2D eigenvalue weighted by molar-refractivity contribution is 5.98. The Kier molecular flexibility index (Phi) is 7.96. The minimum atomic E-state index is -0.804. The Hall–Kier alpha value is -4.21. The first kappa shape index (κ1) is 24.4. The van der Waals surface area contributed by atoms with Gasteiger partial charge in [-0.3, -0.25) is 29.6 Å². The molecule has 3 rings (SSSR count). The van der Waals surface area contributed by atoms with E-state index in [0.29, 0.717) is 16.8 Å². The van der Waals surface area contributed by atoms with Crippen molar-refractivity contribution in [1.29, 1.82) is 0 Å². The van der Waals surface area contributed by atoms with Crippen molar-refractivity contribution in [1.82, 2.24) is 10.4 Å². The van der Waals surface area contributed by atoms with Crippen LogP contribution in [0.4, 0.5) is 5.69 Å². The SMILES string of the molecule is CCOC(=O)c1ccc(NC(=O)COC(=O)[C@@H]2CC(=O)N(NC(=O)c3ccccc3C)C2)cc1. The molecule has 0 bridgehead atoms. The van der Waals surface area contributed by atoms with E-state index in [2.05, 4.69) is 10.7 Å². The van der Waals surface area contributed by atoms with Gasteiger partial charge in [0.25, 0.3) is 11.8 Å². The van der Waals surface area contributed by atoms with Crippen LogP contribution in [0.2, 0.25) is 0 Å². The van der Waals surface area contributed by atoms with Gasteiger partial charge in [0.05, 0.1) is 24.6 Å². The van der Waals surface area contributed by atoms with Crippen LogP contribution < -0.4 is 10.7 Å². The number of anilines is 1. The molecule has 3 amide bonds. The Bertz CT molecular complexity index is 1100. The smallest absolute Gasteiger partial charge is 0.338 e. The predicted molar refractivity (Wildman–Crippen MR) is 120 cm³/mol. The Morgan fingerprint density at radius 2 is 1.74 bits per heavy atom. The number of hydrogen-bond donors (Lipinski definition) is 2. The van der Waals surface area contributed by atoms with E-state index in [1.165, 1.54) is 24.3 Å². The highest BCUT2D eigenvalue weighted by atomic mass is 16.5. The summed E-state index contributed by atoms with van der Waals surface area (Å²) in [6.07, 6.45) is -0.135. The summed E-state index contributed by atoms with van der Waals surface area (Å²) in [5.74, 6) is -3.44. The highest BCUT2D eigenvalue weighted by Crippen LogP contribution is 2.18. The molecule has 0 radical (unpaired) electrons. The van der Waals surface area contributed by atoms with Crippen molar-refractivity contribution >= 4 is 35.3 Å². The molecule has 10 nitrogen and oxygen atoms in total. The quantitative estimate of drug-likeness (QED) is 0.567. The van der Waals surface area contributed by atoms with Crippen molar-refractivity contribution in [3.05, 3.63) is 65.2 Å². The largest absolute Gasteiger partial charge is 0.462 e. The fraction of sp³-hybridized carbons (Fsp3) is 0.292. The number of nitrogens with one attached hydrogen (secondary N) is 2.